The van der Waals surface area contributed by atoms with Gasteiger partial charge in [0.15, 0.2) is 13.2 Å². The first kappa shape index (κ1) is 18.4. The monoisotopic (exact) mass is 316 g/mol. The summed E-state index contributed by atoms with van der Waals surface area (Å²) in [5.74, 6) is 5.83. The maximum Gasteiger partial charge on any atom is 0.408 e. The van der Waals surface area contributed by atoms with Crippen LogP contribution >= 0.6 is 21.6 Å². The summed E-state index contributed by atoms with van der Waals surface area (Å²) in [6, 6.07) is 0. The molecule has 0 aromatic carbocycles. The molecule has 8 heteroatoms. The van der Waals surface area contributed by atoms with Gasteiger partial charge >= 0.3 is 12.2 Å². The molecule has 6 nitrogen and oxygen atoms in total. The molecule has 0 aliphatic carbocycles. The van der Waals surface area contributed by atoms with Gasteiger partial charge in [-0.25, -0.2) is 9.59 Å². The van der Waals surface area contributed by atoms with Crippen molar-refractivity contribution < 1.29 is 19.1 Å². The number of alkyl carbamates (subject to hydrolysis) is 2. The lowest BCUT2D eigenvalue weighted by Gasteiger charge is -2.05. The van der Waals surface area contributed by atoms with Gasteiger partial charge in [0.2, 0.25) is 0 Å². The Morgan fingerprint density at radius 3 is 1.65 bits per heavy atom. The van der Waals surface area contributed by atoms with Crippen molar-refractivity contribution in [2.75, 3.05) is 37.8 Å². The first-order valence-corrected chi connectivity index (χ1v) is 8.12. The summed E-state index contributed by atoms with van der Waals surface area (Å²) in [4.78, 5) is 22.0. The summed E-state index contributed by atoms with van der Waals surface area (Å²) in [5, 5.41) is 5.10. The highest BCUT2D eigenvalue weighted by molar-refractivity contribution is 8.76. The van der Waals surface area contributed by atoms with Crippen LogP contribution in [0.1, 0.15) is 0 Å². The molecule has 0 aromatic rings. The number of nitrogens with one attached hydrogen (secondary N) is 2. The summed E-state index contributed by atoms with van der Waals surface area (Å²) in [6.45, 7) is 0.905. The number of rotatable bonds is 9. The highest BCUT2D eigenvalue weighted by Gasteiger charge is 2.00. The van der Waals surface area contributed by atoms with Gasteiger partial charge in [-0.1, -0.05) is 33.4 Å². The number of amides is 2. The van der Waals surface area contributed by atoms with Crippen LogP contribution in [0.15, 0.2) is 0 Å². The van der Waals surface area contributed by atoms with Crippen LogP contribution in [-0.2, 0) is 9.47 Å². The zero-order chi connectivity index (χ0) is 15.1. The van der Waals surface area contributed by atoms with Gasteiger partial charge in [0.25, 0.3) is 0 Å². The van der Waals surface area contributed by atoms with Crippen molar-refractivity contribution in [3.05, 3.63) is 0 Å². The van der Waals surface area contributed by atoms with Gasteiger partial charge in [-0.15, -0.1) is 12.8 Å². The van der Waals surface area contributed by atoms with E-state index in [4.69, 9.17) is 12.8 Å². The average Bonchev–Trinajstić information content (AvgIpc) is 2.45. The Bertz CT molecular complexity index is 341. The topological polar surface area (TPSA) is 76.7 Å². The van der Waals surface area contributed by atoms with E-state index in [9.17, 15) is 9.59 Å². The lowest BCUT2D eigenvalue weighted by atomic mass is 10.7. The minimum Gasteiger partial charge on any atom is -0.436 e. The molecule has 0 atom stereocenters. The van der Waals surface area contributed by atoms with Crippen molar-refractivity contribution in [2.45, 2.75) is 0 Å². The van der Waals surface area contributed by atoms with Crippen molar-refractivity contribution in [2.24, 2.45) is 0 Å². The molecule has 0 aliphatic heterocycles. The molecule has 2 N–H and O–H groups in total. The number of carbonyl (C=O) groups is 2. The number of hydrogen-bond donors (Lipinski definition) is 2. The van der Waals surface area contributed by atoms with Crippen molar-refractivity contribution in [3.8, 4) is 24.7 Å². The van der Waals surface area contributed by atoms with E-state index in [1.165, 1.54) is 0 Å². The third-order valence-corrected chi connectivity index (χ3v) is 3.97. The Morgan fingerprint density at radius 2 is 1.30 bits per heavy atom. The normalized spacial score (nSPS) is 8.90. The fraction of sp³-hybridized carbons (Fsp3) is 0.500. The zero-order valence-electron chi connectivity index (χ0n) is 10.8. The van der Waals surface area contributed by atoms with Gasteiger partial charge in [-0.05, 0) is 0 Å². The first-order chi connectivity index (χ1) is 9.70. The Kier molecular flexibility index (Phi) is 12.7. The lowest BCUT2D eigenvalue weighted by molar-refractivity contribution is 0.160. The van der Waals surface area contributed by atoms with E-state index in [1.807, 2.05) is 0 Å². The van der Waals surface area contributed by atoms with Crippen LogP contribution in [0.2, 0.25) is 0 Å². The first-order valence-electron chi connectivity index (χ1n) is 5.63. The third-order valence-electron chi connectivity index (χ3n) is 1.57. The van der Waals surface area contributed by atoms with Crippen LogP contribution in [-0.4, -0.2) is 50.0 Å². The Labute approximate surface area is 126 Å². The molecule has 0 spiro atoms. The molecule has 0 aliphatic rings. The van der Waals surface area contributed by atoms with Crippen LogP contribution < -0.4 is 10.6 Å². The molecule has 20 heavy (non-hydrogen) atoms. The molecule has 0 bridgehead atoms. The summed E-state index contributed by atoms with van der Waals surface area (Å²) < 4.78 is 9.23. The molecule has 0 aromatic heterocycles. The van der Waals surface area contributed by atoms with E-state index in [1.54, 1.807) is 21.6 Å². The molecular formula is C12H16N2O4S2. The van der Waals surface area contributed by atoms with E-state index >= 15 is 0 Å². The van der Waals surface area contributed by atoms with Crippen LogP contribution in [0.5, 0.6) is 0 Å². The largest absolute Gasteiger partial charge is 0.436 e. The van der Waals surface area contributed by atoms with Gasteiger partial charge in [-0.3, -0.25) is 0 Å². The molecule has 0 unspecified atom stereocenters. The molecule has 0 heterocycles. The van der Waals surface area contributed by atoms with Crippen LogP contribution in [0.3, 0.4) is 0 Å². The maximum absolute atomic E-state index is 11.0. The van der Waals surface area contributed by atoms with E-state index in [0.717, 1.165) is 11.5 Å². The van der Waals surface area contributed by atoms with Gasteiger partial charge < -0.3 is 20.1 Å². The molecular weight excluding hydrogens is 300 g/mol. The molecule has 0 radical (unpaired) electrons. The zero-order valence-corrected chi connectivity index (χ0v) is 12.5. The predicted molar refractivity (Wildman–Crippen MR) is 81.3 cm³/mol. The summed E-state index contributed by atoms with van der Waals surface area (Å²) in [6.07, 6.45) is 8.83. The fourth-order valence-corrected chi connectivity index (χ4v) is 2.64. The highest BCUT2D eigenvalue weighted by Crippen LogP contribution is 2.19. The Hall–Kier alpha value is -1.64. The van der Waals surface area contributed by atoms with Crippen LogP contribution in [0.4, 0.5) is 9.59 Å². The third kappa shape index (κ3) is 12.8. The lowest BCUT2D eigenvalue weighted by Crippen LogP contribution is -2.27. The minimum atomic E-state index is -0.522. The van der Waals surface area contributed by atoms with E-state index < -0.39 is 12.2 Å². The predicted octanol–water partition coefficient (Wildman–Crippen LogP) is 1.09. The van der Waals surface area contributed by atoms with E-state index in [2.05, 4.69) is 31.9 Å². The van der Waals surface area contributed by atoms with Gasteiger partial charge in [0, 0.05) is 24.6 Å². The Balaban J connectivity index is 3.25. The molecule has 0 fully saturated rings. The molecule has 0 saturated carbocycles. The minimum absolute atomic E-state index is 0.0326. The van der Waals surface area contributed by atoms with Gasteiger partial charge in [0.05, 0.1) is 0 Å². The molecule has 0 rings (SSSR count). The molecule has 110 valence electrons. The second-order valence-corrected chi connectivity index (χ2v) is 5.76. The number of hydrogen-bond acceptors (Lipinski definition) is 6. The summed E-state index contributed by atoms with van der Waals surface area (Å²) >= 11 is 0. The maximum atomic E-state index is 11.0. The van der Waals surface area contributed by atoms with Crippen molar-refractivity contribution in [1.29, 1.82) is 0 Å². The average molecular weight is 316 g/mol. The summed E-state index contributed by atoms with van der Waals surface area (Å²) in [7, 11) is 3.14. The van der Waals surface area contributed by atoms with E-state index in [0.29, 0.717) is 13.1 Å². The standard InChI is InChI=1S/C12H16N2O4S2/c1-3-7-17-11(15)13-5-9-19-20-10-6-14-12(16)18-8-4-2/h1-2H,5-10H2,(H,13,15)(H,14,16). The fourth-order valence-electron chi connectivity index (χ4n) is 0.824. The van der Waals surface area contributed by atoms with Crippen molar-refractivity contribution in [3.63, 3.8) is 0 Å². The van der Waals surface area contributed by atoms with E-state index in [-0.39, 0.29) is 13.2 Å². The van der Waals surface area contributed by atoms with Crippen LogP contribution in [0, 0.1) is 24.7 Å². The number of carbonyl (C=O) groups excluding carboxylic acids is 2. The quantitative estimate of drug-likeness (QED) is 0.377. The number of ether oxygens (including phenoxy) is 2. The molecule has 2 amide bonds. The Morgan fingerprint density at radius 1 is 0.900 bits per heavy atom. The molecule has 0 saturated heterocycles. The SMILES string of the molecule is C#CCOC(=O)NCCSSCCNC(=O)OCC#C. The second kappa shape index (κ2) is 13.8. The highest BCUT2D eigenvalue weighted by atomic mass is 33.1. The van der Waals surface area contributed by atoms with Crippen molar-refractivity contribution in [1.82, 2.24) is 10.6 Å². The summed E-state index contributed by atoms with van der Waals surface area (Å²) in [5.41, 5.74) is 0. The van der Waals surface area contributed by atoms with Gasteiger partial charge in [0.1, 0.15) is 0 Å². The van der Waals surface area contributed by atoms with Crippen LogP contribution in [0.25, 0.3) is 0 Å². The smallest absolute Gasteiger partial charge is 0.408 e. The number of terminal acetylenes is 2. The van der Waals surface area contributed by atoms with Crippen molar-refractivity contribution >= 4 is 33.8 Å². The van der Waals surface area contributed by atoms with Gasteiger partial charge in [-0.2, -0.15) is 0 Å². The second-order valence-electron chi connectivity index (χ2n) is 3.06.